The van der Waals surface area contributed by atoms with Crippen LogP contribution in [0.3, 0.4) is 0 Å². The molecule has 3 N–H and O–H groups in total. The first kappa shape index (κ1) is 15.0. The smallest absolute Gasteiger partial charge is 0.242 e. The van der Waals surface area contributed by atoms with Crippen LogP contribution in [0, 0.1) is 6.92 Å². The Labute approximate surface area is 122 Å². The Morgan fingerprint density at radius 3 is 2.86 bits per heavy atom. The van der Waals surface area contributed by atoms with Crippen LogP contribution in [0.5, 0.6) is 0 Å². The molecular weight excluding hydrogens is 272 g/mol. The molecule has 0 aliphatic rings. The highest BCUT2D eigenvalue weighted by molar-refractivity contribution is 5.76. The molecule has 0 fully saturated rings. The number of nitrogens with zero attached hydrogens (tertiary/aromatic N) is 4. The number of amides is 1. The lowest BCUT2D eigenvalue weighted by molar-refractivity contribution is -0.123. The molecule has 0 bridgehead atoms. The molecular formula is C13H20N6O2. The standard InChI is InChI=1S/C13H20N6O2/c1-9-6-12(14)19(17-9)7-13(20)16-10(8-21-3)11-4-5-15-18(11)2/h4-6,10H,7-8,14H2,1-3H3,(H,16,20). The molecule has 2 heterocycles. The summed E-state index contributed by atoms with van der Waals surface area (Å²) in [4.78, 5) is 12.2. The van der Waals surface area contributed by atoms with E-state index in [0.717, 1.165) is 11.4 Å². The van der Waals surface area contributed by atoms with Crippen molar-refractivity contribution in [3.05, 3.63) is 29.7 Å². The number of methoxy groups -OCH3 is 1. The van der Waals surface area contributed by atoms with Crippen molar-refractivity contribution in [1.82, 2.24) is 24.9 Å². The molecule has 0 saturated carbocycles. The van der Waals surface area contributed by atoms with Crippen LogP contribution in [0.1, 0.15) is 17.4 Å². The fraction of sp³-hybridized carbons (Fsp3) is 0.462. The van der Waals surface area contributed by atoms with E-state index in [1.807, 2.05) is 20.0 Å². The molecule has 2 rings (SSSR count). The monoisotopic (exact) mass is 292 g/mol. The largest absolute Gasteiger partial charge is 0.384 e. The van der Waals surface area contributed by atoms with Crippen molar-refractivity contribution in [2.75, 3.05) is 19.5 Å². The number of anilines is 1. The minimum atomic E-state index is -0.270. The summed E-state index contributed by atoms with van der Waals surface area (Å²) < 4.78 is 8.33. The molecule has 0 spiro atoms. The van der Waals surface area contributed by atoms with Crippen molar-refractivity contribution in [1.29, 1.82) is 0 Å². The first-order valence-electron chi connectivity index (χ1n) is 6.57. The van der Waals surface area contributed by atoms with Gasteiger partial charge in [-0.15, -0.1) is 0 Å². The Kier molecular flexibility index (Phi) is 4.59. The number of aromatic nitrogens is 4. The summed E-state index contributed by atoms with van der Waals surface area (Å²) in [6.07, 6.45) is 1.68. The zero-order valence-electron chi connectivity index (χ0n) is 12.4. The van der Waals surface area contributed by atoms with Gasteiger partial charge in [-0.25, -0.2) is 4.68 Å². The third-order valence-corrected chi connectivity index (χ3v) is 3.11. The van der Waals surface area contributed by atoms with Crippen molar-refractivity contribution < 1.29 is 9.53 Å². The normalized spacial score (nSPS) is 12.3. The molecule has 1 amide bonds. The van der Waals surface area contributed by atoms with Gasteiger partial charge in [-0.1, -0.05) is 0 Å². The lowest BCUT2D eigenvalue weighted by atomic mass is 10.2. The van der Waals surface area contributed by atoms with E-state index >= 15 is 0 Å². The summed E-state index contributed by atoms with van der Waals surface area (Å²) in [6, 6.07) is 3.30. The molecule has 1 unspecified atom stereocenters. The van der Waals surface area contributed by atoms with Crippen LogP contribution in [0.2, 0.25) is 0 Å². The van der Waals surface area contributed by atoms with E-state index in [4.69, 9.17) is 10.5 Å². The Balaban J connectivity index is 2.05. The van der Waals surface area contributed by atoms with Gasteiger partial charge in [0, 0.05) is 26.4 Å². The molecule has 0 saturated heterocycles. The molecule has 0 radical (unpaired) electrons. The highest BCUT2D eigenvalue weighted by atomic mass is 16.5. The molecule has 2 aromatic heterocycles. The van der Waals surface area contributed by atoms with Gasteiger partial charge in [0.1, 0.15) is 12.4 Å². The maximum Gasteiger partial charge on any atom is 0.242 e. The number of rotatable bonds is 6. The van der Waals surface area contributed by atoms with Gasteiger partial charge in [0.15, 0.2) is 0 Å². The Bertz CT molecular complexity index is 618. The average Bonchev–Trinajstić information content (AvgIpc) is 2.95. The van der Waals surface area contributed by atoms with E-state index in [2.05, 4.69) is 15.5 Å². The van der Waals surface area contributed by atoms with Crippen molar-refractivity contribution in [3.8, 4) is 0 Å². The summed E-state index contributed by atoms with van der Waals surface area (Å²) in [6.45, 7) is 2.25. The summed E-state index contributed by atoms with van der Waals surface area (Å²) in [5, 5.41) is 11.2. The maximum atomic E-state index is 12.2. The van der Waals surface area contributed by atoms with Gasteiger partial charge in [-0.05, 0) is 13.0 Å². The average molecular weight is 292 g/mol. The molecule has 2 aromatic rings. The molecule has 8 nitrogen and oxygen atoms in total. The first-order chi connectivity index (χ1) is 10.0. The van der Waals surface area contributed by atoms with Crippen LogP contribution in [-0.2, 0) is 23.1 Å². The third kappa shape index (κ3) is 3.60. The maximum absolute atomic E-state index is 12.2. The summed E-state index contributed by atoms with van der Waals surface area (Å²) in [7, 11) is 3.41. The highest BCUT2D eigenvalue weighted by Gasteiger charge is 2.18. The number of hydrogen-bond donors (Lipinski definition) is 2. The lowest BCUT2D eigenvalue weighted by Gasteiger charge is -2.18. The second-order valence-corrected chi connectivity index (χ2v) is 4.82. The van der Waals surface area contributed by atoms with Crippen molar-refractivity contribution >= 4 is 11.7 Å². The van der Waals surface area contributed by atoms with Crippen LogP contribution < -0.4 is 11.1 Å². The minimum absolute atomic E-state index is 0.0672. The van der Waals surface area contributed by atoms with Crippen LogP contribution in [0.4, 0.5) is 5.82 Å². The number of carbonyl (C=O) groups excluding carboxylic acids is 1. The van der Waals surface area contributed by atoms with Gasteiger partial charge in [0.05, 0.1) is 24.0 Å². The number of carbonyl (C=O) groups is 1. The molecule has 0 aliphatic carbocycles. The van der Waals surface area contributed by atoms with Gasteiger partial charge in [-0.2, -0.15) is 10.2 Å². The quantitative estimate of drug-likeness (QED) is 0.781. The lowest BCUT2D eigenvalue weighted by Crippen LogP contribution is -2.35. The van der Waals surface area contributed by atoms with Gasteiger partial charge in [0.25, 0.3) is 0 Å². The molecule has 0 aliphatic heterocycles. The van der Waals surface area contributed by atoms with E-state index in [9.17, 15) is 4.79 Å². The first-order valence-corrected chi connectivity index (χ1v) is 6.57. The van der Waals surface area contributed by atoms with Gasteiger partial charge in [0.2, 0.25) is 5.91 Å². The number of nitrogens with two attached hydrogens (primary N) is 1. The fourth-order valence-corrected chi connectivity index (χ4v) is 2.16. The van der Waals surface area contributed by atoms with Gasteiger partial charge in [-0.3, -0.25) is 9.48 Å². The number of aryl methyl sites for hydroxylation is 2. The number of hydrogen-bond acceptors (Lipinski definition) is 5. The van der Waals surface area contributed by atoms with Crippen molar-refractivity contribution in [3.63, 3.8) is 0 Å². The molecule has 114 valence electrons. The van der Waals surface area contributed by atoms with Gasteiger partial charge < -0.3 is 15.8 Å². The van der Waals surface area contributed by atoms with Crippen molar-refractivity contribution in [2.45, 2.75) is 19.5 Å². The summed E-state index contributed by atoms with van der Waals surface area (Å²) in [5.41, 5.74) is 7.43. The topological polar surface area (TPSA) is 100.0 Å². The second-order valence-electron chi connectivity index (χ2n) is 4.82. The SMILES string of the molecule is COCC(NC(=O)Cn1nc(C)cc1N)c1ccnn1C. The van der Waals surface area contributed by atoms with Crippen LogP contribution >= 0.6 is 0 Å². The van der Waals surface area contributed by atoms with Crippen molar-refractivity contribution in [2.24, 2.45) is 7.05 Å². The Morgan fingerprint density at radius 1 is 1.57 bits per heavy atom. The number of nitrogen functional groups attached to an aromatic ring is 1. The van der Waals surface area contributed by atoms with E-state index in [-0.39, 0.29) is 18.5 Å². The molecule has 21 heavy (non-hydrogen) atoms. The number of ether oxygens (including phenoxy) is 1. The number of nitrogens with one attached hydrogen (secondary N) is 1. The third-order valence-electron chi connectivity index (χ3n) is 3.11. The summed E-state index contributed by atoms with van der Waals surface area (Å²) >= 11 is 0. The zero-order valence-corrected chi connectivity index (χ0v) is 12.4. The van der Waals surface area contributed by atoms with E-state index in [0.29, 0.717) is 12.4 Å². The minimum Gasteiger partial charge on any atom is -0.384 e. The van der Waals surface area contributed by atoms with E-state index < -0.39 is 0 Å². The predicted molar refractivity (Wildman–Crippen MR) is 77.3 cm³/mol. The Hall–Kier alpha value is -2.35. The zero-order chi connectivity index (χ0) is 15.4. The van der Waals surface area contributed by atoms with Gasteiger partial charge >= 0.3 is 0 Å². The molecule has 8 heteroatoms. The van der Waals surface area contributed by atoms with Crippen LogP contribution in [0.25, 0.3) is 0 Å². The second kappa shape index (κ2) is 6.40. The van der Waals surface area contributed by atoms with E-state index in [1.165, 1.54) is 4.68 Å². The fourth-order valence-electron chi connectivity index (χ4n) is 2.16. The van der Waals surface area contributed by atoms with E-state index in [1.54, 1.807) is 24.1 Å². The van der Waals surface area contributed by atoms with Crippen LogP contribution in [-0.4, -0.2) is 39.2 Å². The molecule has 1 atom stereocenters. The van der Waals surface area contributed by atoms with Crippen LogP contribution in [0.15, 0.2) is 18.3 Å². The highest BCUT2D eigenvalue weighted by Crippen LogP contribution is 2.12. The predicted octanol–water partition coefficient (Wildman–Crippen LogP) is 0.0111. The Morgan fingerprint density at radius 2 is 2.33 bits per heavy atom. The molecule has 0 aromatic carbocycles. The summed E-state index contributed by atoms with van der Waals surface area (Å²) in [5.74, 6) is 0.277.